The Balaban J connectivity index is 1.86. The van der Waals surface area contributed by atoms with Crippen LogP contribution in [-0.2, 0) is 4.74 Å². The highest BCUT2D eigenvalue weighted by Crippen LogP contribution is 2.27. The first-order valence-corrected chi connectivity index (χ1v) is 6.92. The van der Waals surface area contributed by atoms with Crippen LogP contribution in [0.15, 0.2) is 0 Å². The molecule has 0 radical (unpaired) electrons. The smallest absolute Gasteiger partial charge is 0.272 e. The summed E-state index contributed by atoms with van der Waals surface area (Å²) in [6.07, 6.45) is 2.12. The molecule has 1 aromatic heterocycles. The summed E-state index contributed by atoms with van der Waals surface area (Å²) in [6.45, 7) is 2.11. The van der Waals surface area contributed by atoms with Gasteiger partial charge in [-0.15, -0.1) is 0 Å². The normalized spacial score (nSPS) is 20.2. The van der Waals surface area contributed by atoms with Gasteiger partial charge in [-0.3, -0.25) is 4.79 Å². The number of aromatic nitrogens is 1. The summed E-state index contributed by atoms with van der Waals surface area (Å²) in [4.78, 5) is 15.7. The predicted molar refractivity (Wildman–Crippen MR) is 68.0 cm³/mol. The third kappa shape index (κ3) is 3.55. The van der Waals surface area contributed by atoms with Gasteiger partial charge in [-0.25, -0.2) is 4.98 Å². The molecule has 0 spiro atoms. The van der Waals surface area contributed by atoms with Crippen LogP contribution in [-0.4, -0.2) is 30.6 Å². The molecular formula is C10H12Cl2N2O2S. The fraction of sp³-hybridized carbons (Fsp3) is 0.600. The van der Waals surface area contributed by atoms with Gasteiger partial charge in [0.05, 0.1) is 6.61 Å². The molecule has 94 valence electrons. The van der Waals surface area contributed by atoms with Crippen molar-refractivity contribution in [1.29, 1.82) is 0 Å². The summed E-state index contributed by atoms with van der Waals surface area (Å²) >= 11 is 12.6. The molecule has 1 aliphatic heterocycles. The molecule has 2 rings (SSSR count). The van der Waals surface area contributed by atoms with Gasteiger partial charge in [0, 0.05) is 13.2 Å². The van der Waals surface area contributed by atoms with Crippen molar-refractivity contribution in [3.63, 3.8) is 0 Å². The van der Waals surface area contributed by atoms with E-state index in [9.17, 15) is 4.79 Å². The quantitative estimate of drug-likeness (QED) is 0.932. The van der Waals surface area contributed by atoms with E-state index in [1.165, 1.54) is 0 Å². The Hall–Kier alpha value is -0.360. The number of thiazole rings is 1. The summed E-state index contributed by atoms with van der Waals surface area (Å²) in [5.74, 6) is 0.101. The Morgan fingerprint density at radius 2 is 2.41 bits per heavy atom. The molecule has 0 aliphatic carbocycles. The number of nitrogens with zero attached hydrogens (tertiary/aromatic N) is 1. The van der Waals surface area contributed by atoms with Crippen LogP contribution >= 0.6 is 34.5 Å². The monoisotopic (exact) mass is 294 g/mol. The molecule has 1 aromatic rings. The molecule has 0 aromatic carbocycles. The van der Waals surface area contributed by atoms with Gasteiger partial charge in [0.2, 0.25) is 0 Å². The number of carbonyl (C=O) groups excluding carboxylic acids is 1. The second kappa shape index (κ2) is 6.00. The molecule has 17 heavy (non-hydrogen) atoms. The van der Waals surface area contributed by atoms with E-state index in [1.54, 1.807) is 0 Å². The lowest BCUT2D eigenvalue weighted by Gasteiger charge is -2.21. The van der Waals surface area contributed by atoms with E-state index < -0.39 is 0 Å². The van der Waals surface area contributed by atoms with Crippen LogP contribution in [0, 0.1) is 5.92 Å². The minimum atomic E-state index is -0.274. The van der Waals surface area contributed by atoms with Crippen molar-refractivity contribution in [3.8, 4) is 0 Å². The Morgan fingerprint density at radius 3 is 3.00 bits per heavy atom. The van der Waals surface area contributed by atoms with Crippen LogP contribution in [0.3, 0.4) is 0 Å². The van der Waals surface area contributed by atoms with Gasteiger partial charge in [0.25, 0.3) is 5.91 Å². The summed E-state index contributed by atoms with van der Waals surface area (Å²) in [6, 6.07) is 0. The second-order valence-electron chi connectivity index (χ2n) is 3.88. The summed E-state index contributed by atoms with van der Waals surface area (Å²) in [7, 11) is 0. The number of ether oxygens (including phenoxy) is 1. The topological polar surface area (TPSA) is 51.2 Å². The van der Waals surface area contributed by atoms with E-state index in [0.717, 1.165) is 30.8 Å². The van der Waals surface area contributed by atoms with Crippen molar-refractivity contribution < 1.29 is 9.53 Å². The van der Waals surface area contributed by atoms with Gasteiger partial charge >= 0.3 is 0 Å². The summed E-state index contributed by atoms with van der Waals surface area (Å²) < 4.78 is 5.94. The molecule has 1 aliphatic rings. The second-order valence-corrected chi connectivity index (χ2v) is 6.07. The van der Waals surface area contributed by atoms with Crippen LogP contribution < -0.4 is 5.32 Å². The Labute approximate surface area is 113 Å². The first-order chi connectivity index (χ1) is 8.16. The maximum absolute atomic E-state index is 11.8. The molecular weight excluding hydrogens is 283 g/mol. The first kappa shape index (κ1) is 13.1. The molecule has 4 nitrogen and oxygen atoms in total. The van der Waals surface area contributed by atoms with Crippen LogP contribution in [0.25, 0.3) is 0 Å². The minimum Gasteiger partial charge on any atom is -0.381 e. The van der Waals surface area contributed by atoms with Crippen molar-refractivity contribution in [2.24, 2.45) is 5.92 Å². The number of nitrogens with one attached hydrogen (secondary N) is 1. The average Bonchev–Trinajstić information content (AvgIpc) is 2.67. The highest BCUT2D eigenvalue weighted by Gasteiger charge is 2.19. The number of halogens is 2. The molecule has 1 N–H and O–H groups in total. The van der Waals surface area contributed by atoms with Crippen LogP contribution in [0.4, 0.5) is 0 Å². The SMILES string of the molecule is O=C(NCC1CCCOC1)c1nc(Cl)sc1Cl. The fourth-order valence-corrected chi connectivity index (χ4v) is 3.01. The molecule has 0 saturated carbocycles. The molecule has 7 heteroatoms. The lowest BCUT2D eigenvalue weighted by atomic mass is 10.0. The predicted octanol–water partition coefficient (Wildman–Crippen LogP) is 2.61. The maximum atomic E-state index is 11.8. The number of hydrogen-bond acceptors (Lipinski definition) is 4. The lowest BCUT2D eigenvalue weighted by Crippen LogP contribution is -2.33. The van der Waals surface area contributed by atoms with Gasteiger partial charge in [0.1, 0.15) is 4.34 Å². The zero-order chi connectivity index (χ0) is 12.3. The summed E-state index contributed by atoms with van der Waals surface area (Å²) in [5.41, 5.74) is 0.207. The summed E-state index contributed by atoms with van der Waals surface area (Å²) in [5, 5.41) is 2.80. The highest BCUT2D eigenvalue weighted by molar-refractivity contribution is 7.19. The standard InChI is InChI=1S/C10H12Cl2N2O2S/c11-8-7(14-10(12)17-8)9(15)13-4-6-2-1-3-16-5-6/h6H,1-5H2,(H,13,15). The number of amides is 1. The van der Waals surface area contributed by atoms with Gasteiger partial charge in [-0.1, -0.05) is 34.5 Å². The van der Waals surface area contributed by atoms with Crippen molar-refractivity contribution in [2.45, 2.75) is 12.8 Å². The Kier molecular flexibility index (Phi) is 4.62. The molecule has 2 heterocycles. The molecule has 1 atom stereocenters. The van der Waals surface area contributed by atoms with Gasteiger partial charge < -0.3 is 10.1 Å². The van der Waals surface area contributed by atoms with Crippen molar-refractivity contribution >= 4 is 40.4 Å². The number of rotatable bonds is 3. The molecule has 0 bridgehead atoms. The van der Waals surface area contributed by atoms with Crippen molar-refractivity contribution in [1.82, 2.24) is 10.3 Å². The van der Waals surface area contributed by atoms with E-state index >= 15 is 0 Å². The fourth-order valence-electron chi connectivity index (χ4n) is 1.71. The molecule has 1 amide bonds. The van der Waals surface area contributed by atoms with E-state index in [-0.39, 0.29) is 16.1 Å². The van der Waals surface area contributed by atoms with Gasteiger partial charge in [-0.2, -0.15) is 0 Å². The number of carbonyl (C=O) groups is 1. The van der Waals surface area contributed by atoms with E-state index in [1.807, 2.05) is 0 Å². The van der Waals surface area contributed by atoms with E-state index in [4.69, 9.17) is 27.9 Å². The Bertz CT molecular complexity index is 405. The third-order valence-electron chi connectivity index (χ3n) is 2.58. The molecule has 1 unspecified atom stereocenters. The average molecular weight is 295 g/mol. The Morgan fingerprint density at radius 1 is 1.59 bits per heavy atom. The maximum Gasteiger partial charge on any atom is 0.272 e. The highest BCUT2D eigenvalue weighted by atomic mass is 35.5. The van der Waals surface area contributed by atoms with Crippen molar-refractivity contribution in [3.05, 3.63) is 14.5 Å². The van der Waals surface area contributed by atoms with Gasteiger partial charge in [0.15, 0.2) is 10.2 Å². The van der Waals surface area contributed by atoms with Gasteiger partial charge in [-0.05, 0) is 18.8 Å². The molecule has 1 fully saturated rings. The van der Waals surface area contributed by atoms with Crippen molar-refractivity contribution in [2.75, 3.05) is 19.8 Å². The zero-order valence-electron chi connectivity index (χ0n) is 9.04. The minimum absolute atomic E-state index is 0.207. The number of hydrogen-bond donors (Lipinski definition) is 1. The van der Waals surface area contributed by atoms with Crippen LogP contribution in [0.5, 0.6) is 0 Å². The van der Waals surface area contributed by atoms with Crippen LogP contribution in [0.1, 0.15) is 23.3 Å². The zero-order valence-corrected chi connectivity index (χ0v) is 11.4. The molecule has 1 saturated heterocycles. The third-order valence-corrected chi connectivity index (χ3v) is 3.94. The van der Waals surface area contributed by atoms with E-state index in [0.29, 0.717) is 23.4 Å². The lowest BCUT2D eigenvalue weighted by molar-refractivity contribution is 0.0536. The van der Waals surface area contributed by atoms with Crippen LogP contribution in [0.2, 0.25) is 8.80 Å². The van der Waals surface area contributed by atoms with E-state index in [2.05, 4.69) is 10.3 Å². The largest absolute Gasteiger partial charge is 0.381 e. The first-order valence-electron chi connectivity index (χ1n) is 5.34.